The van der Waals surface area contributed by atoms with Crippen LogP contribution in [0.2, 0.25) is 0 Å². The summed E-state index contributed by atoms with van der Waals surface area (Å²) in [6.07, 6.45) is -1.81. The second kappa shape index (κ2) is 5.80. The Morgan fingerprint density at radius 1 is 1.24 bits per heavy atom. The summed E-state index contributed by atoms with van der Waals surface area (Å²) in [6.45, 7) is 3.92. The standard InChI is InChI=1S/C13H16F3N5/c1-8(2)21-12(19-7-20-21)5-10(17)11-4-3-9(6-18-11)13(14,15)16/h3-4,6-8,10H,5,17H2,1-2H3. The summed E-state index contributed by atoms with van der Waals surface area (Å²) >= 11 is 0. The average Bonchev–Trinajstić information content (AvgIpc) is 2.86. The van der Waals surface area contributed by atoms with E-state index in [9.17, 15) is 13.2 Å². The molecule has 0 spiro atoms. The minimum Gasteiger partial charge on any atom is -0.322 e. The maximum atomic E-state index is 12.5. The Bertz CT molecular complexity index is 589. The highest BCUT2D eigenvalue weighted by Gasteiger charge is 2.30. The molecule has 2 N–H and O–H groups in total. The minimum absolute atomic E-state index is 0.135. The number of hydrogen-bond donors (Lipinski definition) is 1. The maximum absolute atomic E-state index is 12.5. The molecule has 2 aromatic rings. The summed E-state index contributed by atoms with van der Waals surface area (Å²) in [5.74, 6) is 0.680. The number of nitrogens with zero attached hydrogens (tertiary/aromatic N) is 4. The smallest absolute Gasteiger partial charge is 0.322 e. The van der Waals surface area contributed by atoms with Crippen LogP contribution in [0.25, 0.3) is 0 Å². The quantitative estimate of drug-likeness (QED) is 0.941. The molecule has 0 saturated heterocycles. The molecular formula is C13H16F3N5. The zero-order chi connectivity index (χ0) is 15.6. The minimum atomic E-state index is -4.40. The van der Waals surface area contributed by atoms with E-state index in [1.165, 1.54) is 12.4 Å². The Labute approximate surface area is 120 Å². The summed E-state index contributed by atoms with van der Waals surface area (Å²) in [6, 6.07) is 1.88. The fourth-order valence-electron chi connectivity index (χ4n) is 1.95. The van der Waals surface area contributed by atoms with Gasteiger partial charge in [0.2, 0.25) is 0 Å². The molecule has 1 atom stereocenters. The first-order chi connectivity index (χ1) is 9.79. The molecule has 0 aromatic carbocycles. The van der Waals surface area contributed by atoms with E-state index >= 15 is 0 Å². The van der Waals surface area contributed by atoms with Crippen LogP contribution < -0.4 is 5.73 Å². The first-order valence-electron chi connectivity index (χ1n) is 6.46. The van der Waals surface area contributed by atoms with Crippen LogP contribution in [0.4, 0.5) is 13.2 Å². The lowest BCUT2D eigenvalue weighted by Crippen LogP contribution is -2.19. The van der Waals surface area contributed by atoms with Crippen molar-refractivity contribution >= 4 is 0 Å². The second-order valence-electron chi connectivity index (χ2n) is 4.99. The number of rotatable bonds is 4. The fourth-order valence-corrected chi connectivity index (χ4v) is 1.95. The molecule has 2 aromatic heterocycles. The monoisotopic (exact) mass is 299 g/mol. The summed E-state index contributed by atoms with van der Waals surface area (Å²) in [5.41, 5.74) is 5.59. The predicted octanol–water partition coefficient (Wildman–Crippen LogP) is 2.52. The summed E-state index contributed by atoms with van der Waals surface area (Å²) in [4.78, 5) is 7.92. The number of pyridine rings is 1. The van der Waals surface area contributed by atoms with Gasteiger partial charge in [-0.3, -0.25) is 4.98 Å². The van der Waals surface area contributed by atoms with Crippen molar-refractivity contribution in [2.45, 2.75) is 38.5 Å². The number of aromatic nitrogens is 4. The Morgan fingerprint density at radius 3 is 2.48 bits per heavy atom. The molecule has 0 amide bonds. The van der Waals surface area contributed by atoms with Crippen molar-refractivity contribution in [3.8, 4) is 0 Å². The molecule has 8 heteroatoms. The third-order valence-corrected chi connectivity index (χ3v) is 3.03. The molecule has 0 radical (unpaired) electrons. The van der Waals surface area contributed by atoms with E-state index in [0.29, 0.717) is 17.9 Å². The van der Waals surface area contributed by atoms with Crippen molar-refractivity contribution in [2.75, 3.05) is 0 Å². The van der Waals surface area contributed by atoms with Crippen molar-refractivity contribution in [3.05, 3.63) is 41.7 Å². The van der Waals surface area contributed by atoms with Gasteiger partial charge in [0, 0.05) is 18.7 Å². The van der Waals surface area contributed by atoms with Crippen molar-refractivity contribution in [1.82, 2.24) is 19.7 Å². The van der Waals surface area contributed by atoms with E-state index in [1.807, 2.05) is 13.8 Å². The van der Waals surface area contributed by atoms with Crippen LogP contribution in [-0.4, -0.2) is 19.7 Å². The lowest BCUT2D eigenvalue weighted by Gasteiger charge is -2.14. The van der Waals surface area contributed by atoms with Gasteiger partial charge in [0.25, 0.3) is 0 Å². The molecule has 1 unspecified atom stereocenters. The molecule has 0 aliphatic rings. The number of halogens is 3. The van der Waals surface area contributed by atoms with Gasteiger partial charge in [0.1, 0.15) is 12.2 Å². The SMILES string of the molecule is CC(C)n1ncnc1CC(N)c1ccc(C(F)(F)F)cn1. The summed E-state index contributed by atoms with van der Waals surface area (Å²) < 4.78 is 39.2. The van der Waals surface area contributed by atoms with Crippen LogP contribution in [0.5, 0.6) is 0 Å². The van der Waals surface area contributed by atoms with E-state index in [4.69, 9.17) is 5.73 Å². The van der Waals surface area contributed by atoms with Gasteiger partial charge in [-0.05, 0) is 26.0 Å². The van der Waals surface area contributed by atoms with Crippen LogP contribution in [0.15, 0.2) is 24.7 Å². The first kappa shape index (κ1) is 15.4. The van der Waals surface area contributed by atoms with E-state index < -0.39 is 17.8 Å². The highest BCUT2D eigenvalue weighted by atomic mass is 19.4. The van der Waals surface area contributed by atoms with E-state index in [0.717, 1.165) is 12.3 Å². The first-order valence-corrected chi connectivity index (χ1v) is 6.46. The molecule has 0 bridgehead atoms. The van der Waals surface area contributed by atoms with Crippen LogP contribution in [0.3, 0.4) is 0 Å². The summed E-state index contributed by atoms with van der Waals surface area (Å²) in [5, 5.41) is 4.09. The molecule has 2 heterocycles. The second-order valence-corrected chi connectivity index (χ2v) is 4.99. The Balaban J connectivity index is 2.13. The van der Waals surface area contributed by atoms with Crippen LogP contribution in [0, 0.1) is 0 Å². The number of alkyl halides is 3. The highest BCUT2D eigenvalue weighted by Crippen LogP contribution is 2.29. The van der Waals surface area contributed by atoms with E-state index in [1.54, 1.807) is 4.68 Å². The molecule has 0 fully saturated rings. The Morgan fingerprint density at radius 2 is 1.95 bits per heavy atom. The number of hydrogen-bond acceptors (Lipinski definition) is 4. The third-order valence-electron chi connectivity index (χ3n) is 3.03. The van der Waals surface area contributed by atoms with E-state index in [-0.39, 0.29) is 6.04 Å². The average molecular weight is 299 g/mol. The van der Waals surface area contributed by atoms with Gasteiger partial charge >= 0.3 is 6.18 Å². The molecule has 21 heavy (non-hydrogen) atoms. The highest BCUT2D eigenvalue weighted by molar-refractivity contribution is 5.19. The lowest BCUT2D eigenvalue weighted by atomic mass is 10.1. The van der Waals surface area contributed by atoms with Gasteiger partial charge < -0.3 is 5.73 Å². The van der Waals surface area contributed by atoms with Gasteiger partial charge in [0.05, 0.1) is 17.3 Å². The van der Waals surface area contributed by atoms with Gasteiger partial charge in [0.15, 0.2) is 0 Å². The third kappa shape index (κ3) is 3.57. The largest absolute Gasteiger partial charge is 0.417 e. The van der Waals surface area contributed by atoms with Crippen LogP contribution in [-0.2, 0) is 12.6 Å². The van der Waals surface area contributed by atoms with Crippen molar-refractivity contribution in [1.29, 1.82) is 0 Å². The Hall–Kier alpha value is -1.96. The molecular weight excluding hydrogens is 283 g/mol. The van der Waals surface area contributed by atoms with Crippen LogP contribution in [0.1, 0.15) is 43.0 Å². The van der Waals surface area contributed by atoms with E-state index in [2.05, 4.69) is 15.1 Å². The molecule has 5 nitrogen and oxygen atoms in total. The van der Waals surface area contributed by atoms with Gasteiger partial charge in [-0.1, -0.05) is 0 Å². The normalized spacial score (nSPS) is 13.7. The molecule has 0 aliphatic heterocycles. The predicted molar refractivity (Wildman–Crippen MR) is 70.3 cm³/mol. The zero-order valence-electron chi connectivity index (χ0n) is 11.7. The van der Waals surface area contributed by atoms with Crippen LogP contribution >= 0.6 is 0 Å². The molecule has 2 rings (SSSR count). The Kier molecular flexibility index (Phi) is 4.26. The van der Waals surface area contributed by atoms with Crippen molar-refractivity contribution in [2.24, 2.45) is 5.73 Å². The zero-order valence-corrected chi connectivity index (χ0v) is 11.7. The van der Waals surface area contributed by atoms with Gasteiger partial charge in [-0.2, -0.15) is 18.3 Å². The van der Waals surface area contributed by atoms with Crippen molar-refractivity contribution < 1.29 is 13.2 Å². The molecule has 0 saturated carbocycles. The van der Waals surface area contributed by atoms with Gasteiger partial charge in [-0.15, -0.1) is 0 Å². The number of nitrogens with two attached hydrogens (primary N) is 1. The summed E-state index contributed by atoms with van der Waals surface area (Å²) in [7, 11) is 0. The topological polar surface area (TPSA) is 69.6 Å². The molecule has 114 valence electrons. The maximum Gasteiger partial charge on any atom is 0.417 e. The van der Waals surface area contributed by atoms with Crippen molar-refractivity contribution in [3.63, 3.8) is 0 Å². The lowest BCUT2D eigenvalue weighted by molar-refractivity contribution is -0.137. The molecule has 0 aliphatic carbocycles. The van der Waals surface area contributed by atoms with Gasteiger partial charge in [-0.25, -0.2) is 9.67 Å². The fraction of sp³-hybridized carbons (Fsp3) is 0.462.